The van der Waals surface area contributed by atoms with E-state index in [2.05, 4.69) is 38.8 Å². The predicted molar refractivity (Wildman–Crippen MR) is 128 cm³/mol. The van der Waals surface area contributed by atoms with Gasteiger partial charge in [0.1, 0.15) is 18.4 Å². The molecule has 1 N–H and O–H groups in total. The number of aromatic amines is 1. The average molecular weight is 475 g/mol. The molecular formula is C24H34N2O6Si. The second-order valence-corrected chi connectivity index (χ2v) is 15.2. The molecule has 3 rings (SSSR count). The van der Waals surface area contributed by atoms with Crippen LogP contribution in [-0.2, 0) is 13.9 Å². The molecule has 1 aliphatic rings. The lowest BCUT2D eigenvalue weighted by atomic mass is 10.0. The third-order valence-corrected chi connectivity index (χ3v) is 11.2. The zero-order valence-corrected chi connectivity index (χ0v) is 21.4. The summed E-state index contributed by atoms with van der Waals surface area (Å²) in [6.07, 6.45) is 0.808. The van der Waals surface area contributed by atoms with Gasteiger partial charge in [-0.2, -0.15) is 0 Å². The summed E-state index contributed by atoms with van der Waals surface area (Å²) in [6.45, 7) is 14.2. The van der Waals surface area contributed by atoms with Crippen molar-refractivity contribution in [2.24, 2.45) is 0 Å². The van der Waals surface area contributed by atoms with Gasteiger partial charge in [0.25, 0.3) is 5.56 Å². The summed E-state index contributed by atoms with van der Waals surface area (Å²) in [5, 5.41) is -0.0435. The van der Waals surface area contributed by atoms with Gasteiger partial charge in [0.2, 0.25) is 0 Å². The van der Waals surface area contributed by atoms with Gasteiger partial charge < -0.3 is 13.9 Å². The number of ether oxygens (including phenoxy) is 2. The summed E-state index contributed by atoms with van der Waals surface area (Å²) in [7, 11) is -2.21. The highest BCUT2D eigenvalue weighted by Crippen LogP contribution is 2.44. The van der Waals surface area contributed by atoms with Gasteiger partial charge >= 0.3 is 11.7 Å². The van der Waals surface area contributed by atoms with E-state index in [1.165, 1.54) is 10.8 Å². The SMILES string of the molecule is Cc1cn([C@H]2C[C@@H](O[Si](C)(C)C(C)(C)C)[C@](C)(COC(=O)c3ccccc3)O2)c(=O)[nH]c1=O. The molecular weight excluding hydrogens is 440 g/mol. The van der Waals surface area contributed by atoms with E-state index in [1.54, 1.807) is 31.2 Å². The van der Waals surface area contributed by atoms with Gasteiger partial charge in [-0.05, 0) is 44.1 Å². The van der Waals surface area contributed by atoms with Gasteiger partial charge in [0.05, 0.1) is 11.7 Å². The van der Waals surface area contributed by atoms with E-state index in [9.17, 15) is 14.4 Å². The molecule has 33 heavy (non-hydrogen) atoms. The Morgan fingerprint density at radius 2 is 1.88 bits per heavy atom. The molecule has 1 fully saturated rings. The highest BCUT2D eigenvalue weighted by Gasteiger charge is 2.52. The first-order valence-corrected chi connectivity index (χ1v) is 14.0. The first kappa shape index (κ1) is 25.1. The Bertz CT molecular complexity index is 1120. The Morgan fingerprint density at radius 1 is 1.24 bits per heavy atom. The highest BCUT2D eigenvalue weighted by atomic mass is 28.4. The molecule has 9 heteroatoms. The summed E-state index contributed by atoms with van der Waals surface area (Å²) in [4.78, 5) is 39.2. The van der Waals surface area contributed by atoms with Crippen LogP contribution in [0.2, 0.25) is 18.1 Å². The molecule has 0 aliphatic carbocycles. The lowest BCUT2D eigenvalue weighted by Gasteiger charge is -2.41. The normalized spacial score (nSPS) is 23.5. The first-order valence-electron chi connectivity index (χ1n) is 11.1. The number of hydrogen-bond acceptors (Lipinski definition) is 6. The van der Waals surface area contributed by atoms with Crippen molar-refractivity contribution in [2.75, 3.05) is 6.61 Å². The summed E-state index contributed by atoms with van der Waals surface area (Å²) in [5.74, 6) is -0.452. The molecule has 0 amide bonds. The molecule has 1 aliphatic heterocycles. The number of H-pyrrole nitrogens is 1. The number of esters is 1. The average Bonchev–Trinajstić information content (AvgIpc) is 3.04. The number of nitrogens with zero attached hydrogens (tertiary/aromatic N) is 1. The number of carbonyl (C=O) groups excluding carboxylic acids is 1. The summed E-state index contributed by atoms with van der Waals surface area (Å²) in [5.41, 5.74) is -1.10. The maximum atomic E-state index is 12.6. The van der Waals surface area contributed by atoms with E-state index in [4.69, 9.17) is 13.9 Å². The zero-order chi connectivity index (χ0) is 24.6. The van der Waals surface area contributed by atoms with Gasteiger partial charge in [-0.3, -0.25) is 14.3 Å². The van der Waals surface area contributed by atoms with Crippen molar-refractivity contribution in [3.63, 3.8) is 0 Å². The standard InChI is InChI=1S/C24H34N2O6Si/c1-16-14-26(22(29)25-20(16)27)19-13-18(32-33(6,7)23(2,3)4)24(5,31-19)15-30-21(28)17-11-9-8-10-12-17/h8-12,14,18-19H,13,15H2,1-7H3,(H,25,27,29)/t18-,19-,24+/m1/s1. The Balaban J connectivity index is 1.90. The third-order valence-electron chi connectivity index (χ3n) is 6.70. The number of carbonyl (C=O) groups is 1. The van der Waals surface area contributed by atoms with E-state index in [1.807, 2.05) is 13.0 Å². The van der Waals surface area contributed by atoms with E-state index in [0.717, 1.165) is 0 Å². The van der Waals surface area contributed by atoms with Crippen LogP contribution in [0, 0.1) is 6.92 Å². The largest absolute Gasteiger partial charge is 0.459 e. The van der Waals surface area contributed by atoms with Crippen molar-refractivity contribution < 1.29 is 18.7 Å². The number of nitrogens with one attached hydrogen (secondary N) is 1. The van der Waals surface area contributed by atoms with E-state index in [0.29, 0.717) is 17.5 Å². The van der Waals surface area contributed by atoms with Crippen LogP contribution >= 0.6 is 0 Å². The second kappa shape index (κ2) is 9.04. The van der Waals surface area contributed by atoms with E-state index in [-0.39, 0.29) is 11.6 Å². The van der Waals surface area contributed by atoms with Gasteiger partial charge in [0, 0.05) is 18.2 Å². The Hall–Kier alpha value is -2.49. The second-order valence-electron chi connectivity index (χ2n) is 10.4. The molecule has 1 aromatic carbocycles. The van der Waals surface area contributed by atoms with Crippen LogP contribution in [0.5, 0.6) is 0 Å². The van der Waals surface area contributed by atoms with Crippen molar-refractivity contribution in [1.29, 1.82) is 0 Å². The molecule has 0 bridgehead atoms. The first-order chi connectivity index (χ1) is 15.2. The molecule has 0 radical (unpaired) electrons. The molecule has 8 nitrogen and oxygen atoms in total. The predicted octanol–water partition coefficient (Wildman–Crippen LogP) is 3.77. The smallest absolute Gasteiger partial charge is 0.338 e. The number of rotatable bonds is 6. The molecule has 0 saturated carbocycles. The molecule has 2 heterocycles. The molecule has 1 saturated heterocycles. The lowest BCUT2D eigenvalue weighted by Crippen LogP contribution is -2.51. The summed E-state index contributed by atoms with van der Waals surface area (Å²) >= 11 is 0. The quantitative estimate of drug-likeness (QED) is 0.505. The number of hydrogen-bond donors (Lipinski definition) is 1. The van der Waals surface area contributed by atoms with Crippen LogP contribution in [0.1, 0.15) is 56.3 Å². The highest BCUT2D eigenvalue weighted by molar-refractivity contribution is 6.74. The van der Waals surface area contributed by atoms with Crippen LogP contribution < -0.4 is 11.2 Å². The maximum Gasteiger partial charge on any atom is 0.338 e. The number of benzene rings is 1. The van der Waals surface area contributed by atoms with Crippen LogP contribution in [-0.4, -0.2) is 42.1 Å². The Kier molecular flexibility index (Phi) is 6.88. The molecule has 180 valence electrons. The van der Waals surface area contributed by atoms with Crippen LogP contribution in [0.25, 0.3) is 0 Å². The molecule has 1 aromatic heterocycles. The monoisotopic (exact) mass is 474 g/mol. The fourth-order valence-electron chi connectivity index (χ4n) is 3.54. The van der Waals surface area contributed by atoms with Crippen molar-refractivity contribution >= 4 is 14.3 Å². The van der Waals surface area contributed by atoms with Gasteiger partial charge in [0.15, 0.2) is 8.32 Å². The van der Waals surface area contributed by atoms with Crippen molar-refractivity contribution in [3.05, 3.63) is 68.5 Å². The molecule has 3 atom stereocenters. The van der Waals surface area contributed by atoms with E-state index >= 15 is 0 Å². The fourth-order valence-corrected chi connectivity index (χ4v) is 4.95. The molecule has 0 unspecified atom stereocenters. The topological polar surface area (TPSA) is 99.6 Å². The van der Waals surface area contributed by atoms with Crippen molar-refractivity contribution in [1.82, 2.24) is 9.55 Å². The number of aromatic nitrogens is 2. The minimum atomic E-state index is -2.21. The lowest BCUT2D eigenvalue weighted by molar-refractivity contribution is -0.117. The zero-order valence-electron chi connectivity index (χ0n) is 20.4. The Labute approximate surface area is 195 Å². The van der Waals surface area contributed by atoms with Crippen LogP contribution in [0.3, 0.4) is 0 Å². The Morgan fingerprint density at radius 3 is 2.48 bits per heavy atom. The minimum Gasteiger partial charge on any atom is -0.459 e. The third kappa shape index (κ3) is 5.37. The van der Waals surface area contributed by atoms with Gasteiger partial charge in [-0.25, -0.2) is 9.59 Å². The molecule has 0 spiro atoms. The summed E-state index contributed by atoms with van der Waals surface area (Å²) < 4.78 is 20.0. The van der Waals surface area contributed by atoms with Crippen molar-refractivity contribution in [3.8, 4) is 0 Å². The minimum absolute atomic E-state index is 0.0341. The van der Waals surface area contributed by atoms with E-state index < -0.39 is 43.5 Å². The molecule has 2 aromatic rings. The van der Waals surface area contributed by atoms with Crippen LogP contribution in [0.15, 0.2) is 46.1 Å². The van der Waals surface area contributed by atoms with Crippen molar-refractivity contribution in [2.45, 2.75) is 77.1 Å². The van der Waals surface area contributed by atoms with Crippen LogP contribution in [0.4, 0.5) is 0 Å². The van der Waals surface area contributed by atoms with Gasteiger partial charge in [-0.1, -0.05) is 39.0 Å². The maximum absolute atomic E-state index is 12.6. The summed E-state index contributed by atoms with van der Waals surface area (Å²) in [6, 6.07) is 8.75. The number of aryl methyl sites for hydroxylation is 1. The van der Waals surface area contributed by atoms with Gasteiger partial charge in [-0.15, -0.1) is 0 Å². The fraction of sp³-hybridized carbons (Fsp3) is 0.542.